The van der Waals surface area contributed by atoms with Crippen LogP contribution in [-0.2, 0) is 23.9 Å². The van der Waals surface area contributed by atoms with E-state index in [0.717, 1.165) is 23.3 Å². The van der Waals surface area contributed by atoms with Gasteiger partial charge in [-0.05, 0) is 48.6 Å². The van der Waals surface area contributed by atoms with Crippen molar-refractivity contribution in [2.45, 2.75) is 44.4 Å². The highest BCUT2D eigenvalue weighted by Crippen LogP contribution is 2.31. The highest BCUT2D eigenvalue weighted by molar-refractivity contribution is 6.01. The quantitative estimate of drug-likeness (QED) is 0.704. The first-order valence-electron chi connectivity index (χ1n) is 10.3. The van der Waals surface area contributed by atoms with Crippen molar-refractivity contribution in [3.63, 3.8) is 0 Å². The van der Waals surface area contributed by atoms with Gasteiger partial charge in [-0.1, -0.05) is 30.8 Å². The molecule has 4 rings (SSSR count). The number of allylic oxidation sites excluding steroid dienone is 1. The number of fused-ring (bicyclic) bond motifs is 1. The lowest BCUT2D eigenvalue weighted by Gasteiger charge is -2.30. The van der Waals surface area contributed by atoms with Crippen LogP contribution in [0.5, 0.6) is 0 Å². The number of piperidine rings is 1. The number of aryl methyl sites for hydroxylation is 1. The maximum absolute atomic E-state index is 12.9. The van der Waals surface area contributed by atoms with Crippen LogP contribution in [0.3, 0.4) is 0 Å². The Hall–Kier alpha value is -3.42. The molecule has 1 atom stereocenters. The molecule has 0 spiro atoms. The molecule has 0 bridgehead atoms. The fraction of sp³-hybridized carbons (Fsp3) is 0.292. The zero-order valence-electron chi connectivity index (χ0n) is 17.2. The van der Waals surface area contributed by atoms with E-state index in [1.165, 1.54) is 12.1 Å². The molecule has 0 radical (unpaired) electrons. The van der Waals surface area contributed by atoms with Gasteiger partial charge in [-0.25, -0.2) is 0 Å². The van der Waals surface area contributed by atoms with Crippen molar-refractivity contribution in [1.82, 2.24) is 10.2 Å². The summed E-state index contributed by atoms with van der Waals surface area (Å²) in [6.45, 7) is 4.05. The summed E-state index contributed by atoms with van der Waals surface area (Å²) in [6.07, 6.45) is -3.00. The van der Waals surface area contributed by atoms with Crippen molar-refractivity contribution >= 4 is 17.6 Å². The van der Waals surface area contributed by atoms with Crippen LogP contribution in [-0.4, -0.2) is 28.5 Å². The number of nitrogens with zero attached hydrogens (tertiary/aromatic N) is 1. The van der Waals surface area contributed by atoms with Crippen molar-refractivity contribution in [1.29, 1.82) is 0 Å². The van der Waals surface area contributed by atoms with E-state index in [1.807, 2.05) is 6.07 Å². The van der Waals surface area contributed by atoms with E-state index in [2.05, 4.69) is 11.9 Å². The molecule has 0 aliphatic carbocycles. The second kappa shape index (κ2) is 8.26. The van der Waals surface area contributed by atoms with E-state index in [4.69, 9.17) is 0 Å². The molecule has 2 aromatic rings. The van der Waals surface area contributed by atoms with Crippen molar-refractivity contribution in [3.8, 4) is 0 Å². The Balaban J connectivity index is 1.43. The summed E-state index contributed by atoms with van der Waals surface area (Å²) in [5.74, 6) is -0.832. The number of amides is 2. The third-order valence-corrected chi connectivity index (χ3v) is 5.85. The third kappa shape index (κ3) is 4.30. The Kier molecular flexibility index (Phi) is 5.62. The van der Waals surface area contributed by atoms with Gasteiger partial charge < -0.3 is 10.2 Å². The summed E-state index contributed by atoms with van der Waals surface area (Å²) in [6, 6.07) is 9.10. The van der Waals surface area contributed by atoms with Crippen LogP contribution < -0.4 is 5.32 Å². The van der Waals surface area contributed by atoms with Crippen LogP contribution in [0.2, 0.25) is 0 Å². The smallest absolute Gasteiger partial charge is 0.329 e. The summed E-state index contributed by atoms with van der Waals surface area (Å²) >= 11 is 0. The summed E-state index contributed by atoms with van der Waals surface area (Å²) in [7, 11) is 0. The first-order chi connectivity index (χ1) is 15.1. The van der Waals surface area contributed by atoms with Gasteiger partial charge in [0.25, 0.3) is 5.91 Å². The molecule has 32 heavy (non-hydrogen) atoms. The van der Waals surface area contributed by atoms with E-state index in [-0.39, 0.29) is 29.6 Å². The van der Waals surface area contributed by atoms with Crippen LogP contribution in [0.1, 0.15) is 56.7 Å². The normalized spacial score (nSPS) is 18.5. The number of nitrogens with one attached hydrogen (secondary N) is 1. The lowest BCUT2D eigenvalue weighted by Crippen LogP contribution is -2.49. The molecular weight excluding hydrogens is 421 g/mol. The minimum Gasteiger partial charge on any atom is -0.329 e. The molecule has 0 saturated carbocycles. The molecule has 8 heteroatoms. The molecule has 1 unspecified atom stereocenters. The predicted molar refractivity (Wildman–Crippen MR) is 111 cm³/mol. The lowest BCUT2D eigenvalue weighted by atomic mass is 9.99. The van der Waals surface area contributed by atoms with Crippen LogP contribution in [0.25, 0.3) is 0 Å². The fourth-order valence-corrected chi connectivity index (χ4v) is 4.13. The van der Waals surface area contributed by atoms with Crippen LogP contribution in [0, 0.1) is 0 Å². The predicted octanol–water partition coefficient (Wildman–Crippen LogP) is 4.27. The van der Waals surface area contributed by atoms with Crippen LogP contribution >= 0.6 is 0 Å². The number of rotatable bonds is 5. The van der Waals surface area contributed by atoms with E-state index in [0.29, 0.717) is 37.1 Å². The molecule has 166 valence electrons. The molecule has 2 amide bonds. The highest BCUT2D eigenvalue weighted by atomic mass is 19.4. The second-order valence-corrected chi connectivity index (χ2v) is 8.07. The van der Waals surface area contributed by atoms with E-state index in [1.54, 1.807) is 17.0 Å². The fourth-order valence-electron chi connectivity index (χ4n) is 4.13. The van der Waals surface area contributed by atoms with E-state index >= 15 is 0 Å². The monoisotopic (exact) mass is 442 g/mol. The van der Waals surface area contributed by atoms with Gasteiger partial charge >= 0.3 is 6.18 Å². The largest absolute Gasteiger partial charge is 0.416 e. The average molecular weight is 442 g/mol. The van der Waals surface area contributed by atoms with Gasteiger partial charge in [-0.3, -0.25) is 14.4 Å². The van der Waals surface area contributed by atoms with Gasteiger partial charge in [0, 0.05) is 29.8 Å². The van der Waals surface area contributed by atoms with Crippen molar-refractivity contribution < 1.29 is 27.6 Å². The zero-order chi connectivity index (χ0) is 23.0. The number of ketones is 1. The highest BCUT2D eigenvalue weighted by Gasteiger charge is 2.38. The molecule has 1 saturated heterocycles. The molecule has 2 aliphatic heterocycles. The maximum atomic E-state index is 12.9. The van der Waals surface area contributed by atoms with Crippen molar-refractivity contribution in [2.24, 2.45) is 0 Å². The number of benzene rings is 2. The Labute approximate surface area is 182 Å². The lowest BCUT2D eigenvalue weighted by molar-refractivity contribution is -0.137. The molecule has 2 heterocycles. The Morgan fingerprint density at radius 2 is 1.94 bits per heavy atom. The van der Waals surface area contributed by atoms with Gasteiger partial charge in [-0.15, -0.1) is 0 Å². The third-order valence-electron chi connectivity index (χ3n) is 5.85. The topological polar surface area (TPSA) is 66.5 Å². The minimum atomic E-state index is -4.50. The minimum absolute atomic E-state index is 0.0206. The summed E-state index contributed by atoms with van der Waals surface area (Å²) in [4.78, 5) is 39.0. The number of alkyl halides is 3. The van der Waals surface area contributed by atoms with Crippen LogP contribution in [0.4, 0.5) is 13.2 Å². The first kappa shape index (κ1) is 21.8. The summed E-state index contributed by atoms with van der Waals surface area (Å²) in [5.41, 5.74) is 1.91. The Morgan fingerprint density at radius 3 is 2.66 bits per heavy atom. The van der Waals surface area contributed by atoms with E-state index < -0.39 is 17.8 Å². The molecule has 1 N–H and O–H groups in total. The number of hydrogen-bond donors (Lipinski definition) is 1. The van der Waals surface area contributed by atoms with Crippen molar-refractivity contribution in [2.75, 3.05) is 0 Å². The van der Waals surface area contributed by atoms with Gasteiger partial charge in [-0.2, -0.15) is 13.2 Å². The average Bonchev–Trinajstić information content (AvgIpc) is 3.07. The Morgan fingerprint density at radius 1 is 1.16 bits per heavy atom. The molecule has 0 aromatic heterocycles. The van der Waals surface area contributed by atoms with Crippen molar-refractivity contribution in [3.05, 3.63) is 82.6 Å². The van der Waals surface area contributed by atoms with Crippen LogP contribution in [0.15, 0.2) is 54.7 Å². The number of carbonyl (C=O) groups excluding carboxylic acids is 3. The van der Waals surface area contributed by atoms with Gasteiger partial charge in [0.2, 0.25) is 5.91 Å². The molecule has 2 aromatic carbocycles. The molecule has 2 aliphatic rings. The number of carbonyl (C=O) groups is 3. The van der Waals surface area contributed by atoms with Gasteiger partial charge in [0.15, 0.2) is 5.78 Å². The summed E-state index contributed by atoms with van der Waals surface area (Å²) < 4.78 is 38.6. The first-order valence-corrected chi connectivity index (χ1v) is 10.3. The zero-order valence-corrected chi connectivity index (χ0v) is 17.2. The summed E-state index contributed by atoms with van der Waals surface area (Å²) in [5, 5.41) is 2.69. The molecule has 5 nitrogen and oxygen atoms in total. The molecular formula is C24H21F3N2O3. The SMILES string of the molecule is C=C1CCC(N2Cc3cc(CCC(=O)c4cccc(C(F)(F)F)c4)ccc3C2=O)C(=O)N1. The number of Topliss-reactive ketones (excluding diaryl/α,β-unsaturated/α-hetero) is 1. The number of halogens is 3. The van der Waals surface area contributed by atoms with E-state index in [9.17, 15) is 27.6 Å². The number of hydrogen-bond acceptors (Lipinski definition) is 3. The maximum Gasteiger partial charge on any atom is 0.416 e. The second-order valence-electron chi connectivity index (χ2n) is 8.07. The standard InChI is InChI=1S/C24H21F3N2O3/c1-14-5-9-20(22(31)28-14)29-13-17-11-15(6-8-19(17)23(29)32)7-10-21(30)16-3-2-4-18(12-16)24(25,26)27/h2-4,6,8,11-12,20H,1,5,7,9-10,13H2,(H,28,31). The van der Waals surface area contributed by atoms with Gasteiger partial charge in [0.05, 0.1) is 5.56 Å². The molecule has 1 fully saturated rings. The Bertz CT molecular complexity index is 1120. The van der Waals surface area contributed by atoms with Gasteiger partial charge in [0.1, 0.15) is 6.04 Å².